The number of methoxy groups -OCH3 is 1. The van der Waals surface area contributed by atoms with E-state index in [0.29, 0.717) is 5.56 Å². The first-order valence-corrected chi connectivity index (χ1v) is 6.60. The Morgan fingerprint density at radius 2 is 1.75 bits per heavy atom. The van der Waals surface area contributed by atoms with Gasteiger partial charge in [-0.05, 0) is 55.2 Å². The molecule has 106 valence electrons. The summed E-state index contributed by atoms with van der Waals surface area (Å²) in [6.07, 6.45) is 0. The minimum absolute atomic E-state index is 0.235. The number of hydrogen-bond acceptors (Lipinski definition) is 2. The molecule has 0 aliphatic rings. The van der Waals surface area contributed by atoms with Crippen molar-refractivity contribution in [1.82, 2.24) is 0 Å². The van der Waals surface area contributed by atoms with Crippen LogP contribution in [-0.2, 0) is 0 Å². The summed E-state index contributed by atoms with van der Waals surface area (Å²) in [5.74, 6) is 0.512. The van der Waals surface area contributed by atoms with Crippen molar-refractivity contribution in [3.05, 3.63) is 64.0 Å². The zero-order valence-electron chi connectivity index (χ0n) is 12.3. The van der Waals surface area contributed by atoms with Crippen molar-refractivity contribution in [2.45, 2.75) is 26.8 Å². The summed E-state index contributed by atoms with van der Waals surface area (Å²) in [7, 11) is 1.63. The Morgan fingerprint density at radius 3 is 2.35 bits per heavy atom. The zero-order valence-corrected chi connectivity index (χ0v) is 12.3. The minimum Gasteiger partial charge on any atom is -0.496 e. The van der Waals surface area contributed by atoms with Crippen molar-refractivity contribution in [2.24, 2.45) is 5.73 Å². The van der Waals surface area contributed by atoms with Crippen LogP contribution in [0.4, 0.5) is 4.39 Å². The van der Waals surface area contributed by atoms with Crippen LogP contribution in [0.5, 0.6) is 5.75 Å². The molecule has 20 heavy (non-hydrogen) atoms. The monoisotopic (exact) mass is 273 g/mol. The van der Waals surface area contributed by atoms with Gasteiger partial charge in [-0.2, -0.15) is 0 Å². The Balaban J connectivity index is 2.52. The highest BCUT2D eigenvalue weighted by molar-refractivity contribution is 5.48. The first-order chi connectivity index (χ1) is 9.43. The van der Waals surface area contributed by atoms with E-state index in [4.69, 9.17) is 10.5 Å². The molecule has 0 saturated heterocycles. The first kappa shape index (κ1) is 14.5. The maximum absolute atomic E-state index is 13.7. The van der Waals surface area contributed by atoms with Crippen LogP contribution in [0.1, 0.15) is 33.9 Å². The highest BCUT2D eigenvalue weighted by Gasteiger charge is 2.18. The first-order valence-electron chi connectivity index (χ1n) is 6.60. The van der Waals surface area contributed by atoms with Crippen LogP contribution in [0, 0.1) is 26.6 Å². The molecule has 2 aromatic carbocycles. The number of aryl methyl sites for hydroxylation is 3. The van der Waals surface area contributed by atoms with Gasteiger partial charge in [0.25, 0.3) is 0 Å². The van der Waals surface area contributed by atoms with Crippen LogP contribution < -0.4 is 10.5 Å². The average Bonchev–Trinajstić information content (AvgIpc) is 2.40. The van der Waals surface area contributed by atoms with E-state index in [9.17, 15) is 4.39 Å². The second-order valence-corrected chi connectivity index (χ2v) is 5.18. The van der Waals surface area contributed by atoms with Gasteiger partial charge in [-0.3, -0.25) is 0 Å². The van der Waals surface area contributed by atoms with Crippen molar-refractivity contribution in [3.63, 3.8) is 0 Å². The second kappa shape index (κ2) is 5.63. The third-order valence-corrected chi connectivity index (χ3v) is 3.58. The number of benzene rings is 2. The van der Waals surface area contributed by atoms with Crippen molar-refractivity contribution in [3.8, 4) is 5.75 Å². The van der Waals surface area contributed by atoms with Crippen LogP contribution in [0.15, 0.2) is 30.3 Å². The summed E-state index contributed by atoms with van der Waals surface area (Å²) in [6.45, 7) is 5.74. The molecule has 0 saturated carbocycles. The van der Waals surface area contributed by atoms with Gasteiger partial charge in [0.15, 0.2) is 0 Å². The summed E-state index contributed by atoms with van der Waals surface area (Å²) in [4.78, 5) is 0. The maximum atomic E-state index is 13.7. The summed E-state index contributed by atoms with van der Waals surface area (Å²) in [5, 5.41) is 0. The predicted molar refractivity (Wildman–Crippen MR) is 79.6 cm³/mol. The molecule has 0 bridgehead atoms. The van der Waals surface area contributed by atoms with E-state index < -0.39 is 6.04 Å². The molecule has 1 unspecified atom stereocenters. The van der Waals surface area contributed by atoms with Crippen molar-refractivity contribution in [2.75, 3.05) is 7.11 Å². The van der Waals surface area contributed by atoms with Gasteiger partial charge < -0.3 is 10.5 Å². The number of ether oxygens (including phenoxy) is 1. The molecule has 0 heterocycles. The Morgan fingerprint density at radius 1 is 1.05 bits per heavy atom. The molecule has 0 aliphatic carbocycles. The highest BCUT2D eigenvalue weighted by Crippen LogP contribution is 2.32. The molecule has 1 atom stereocenters. The zero-order chi connectivity index (χ0) is 14.9. The van der Waals surface area contributed by atoms with Crippen LogP contribution in [-0.4, -0.2) is 7.11 Å². The van der Waals surface area contributed by atoms with E-state index in [1.165, 1.54) is 6.07 Å². The third kappa shape index (κ3) is 2.68. The normalized spacial score (nSPS) is 12.3. The lowest BCUT2D eigenvalue weighted by molar-refractivity contribution is 0.407. The molecule has 0 radical (unpaired) electrons. The van der Waals surface area contributed by atoms with Crippen LogP contribution in [0.2, 0.25) is 0 Å². The molecule has 2 rings (SSSR count). The lowest BCUT2D eigenvalue weighted by Crippen LogP contribution is -2.15. The summed E-state index contributed by atoms with van der Waals surface area (Å²) in [6, 6.07) is 8.72. The fourth-order valence-corrected chi connectivity index (χ4v) is 2.48. The molecule has 0 aromatic heterocycles. The van der Waals surface area contributed by atoms with Gasteiger partial charge in [-0.15, -0.1) is 0 Å². The largest absolute Gasteiger partial charge is 0.496 e. The number of nitrogens with two attached hydrogens (primary N) is 1. The molecule has 3 heteroatoms. The fourth-order valence-electron chi connectivity index (χ4n) is 2.48. The summed E-state index contributed by atoms with van der Waals surface area (Å²) < 4.78 is 19.1. The van der Waals surface area contributed by atoms with E-state index >= 15 is 0 Å². The second-order valence-electron chi connectivity index (χ2n) is 5.18. The van der Waals surface area contributed by atoms with Gasteiger partial charge >= 0.3 is 0 Å². The molecular weight excluding hydrogens is 253 g/mol. The summed E-state index contributed by atoms with van der Waals surface area (Å²) in [5.41, 5.74) is 10.8. The van der Waals surface area contributed by atoms with Crippen molar-refractivity contribution >= 4 is 0 Å². The van der Waals surface area contributed by atoms with Crippen LogP contribution in [0.25, 0.3) is 0 Å². The Kier molecular flexibility index (Phi) is 4.09. The van der Waals surface area contributed by atoms with Crippen LogP contribution >= 0.6 is 0 Å². The van der Waals surface area contributed by atoms with E-state index in [-0.39, 0.29) is 5.82 Å². The van der Waals surface area contributed by atoms with Crippen molar-refractivity contribution in [1.29, 1.82) is 0 Å². The Bertz CT molecular complexity index is 637. The highest BCUT2D eigenvalue weighted by atomic mass is 19.1. The van der Waals surface area contributed by atoms with Gasteiger partial charge in [0, 0.05) is 5.56 Å². The molecule has 0 amide bonds. The topological polar surface area (TPSA) is 35.2 Å². The van der Waals surface area contributed by atoms with E-state index in [2.05, 4.69) is 6.07 Å². The van der Waals surface area contributed by atoms with Crippen LogP contribution in [0.3, 0.4) is 0 Å². The van der Waals surface area contributed by atoms with Gasteiger partial charge in [0.1, 0.15) is 11.6 Å². The number of hydrogen-bond donors (Lipinski definition) is 1. The van der Waals surface area contributed by atoms with Gasteiger partial charge in [0.2, 0.25) is 0 Å². The van der Waals surface area contributed by atoms with Gasteiger partial charge in [-0.1, -0.05) is 18.2 Å². The molecule has 0 fully saturated rings. The van der Waals surface area contributed by atoms with Crippen molar-refractivity contribution < 1.29 is 9.13 Å². The Hall–Kier alpha value is -1.87. The fraction of sp³-hybridized carbons (Fsp3) is 0.294. The average molecular weight is 273 g/mol. The molecule has 0 spiro atoms. The number of halogens is 1. The minimum atomic E-state index is -0.402. The quantitative estimate of drug-likeness (QED) is 0.923. The SMILES string of the molecule is COc1cc(C)cc(C)c1C(N)c1ccc(C)c(F)c1. The Labute approximate surface area is 119 Å². The summed E-state index contributed by atoms with van der Waals surface area (Å²) >= 11 is 0. The molecule has 2 N–H and O–H groups in total. The molecule has 0 aliphatic heterocycles. The lowest BCUT2D eigenvalue weighted by Gasteiger charge is -2.20. The predicted octanol–water partition coefficient (Wildman–Crippen LogP) is 3.81. The number of rotatable bonds is 3. The molecular formula is C17H20FNO. The smallest absolute Gasteiger partial charge is 0.126 e. The van der Waals surface area contributed by atoms with E-state index in [1.807, 2.05) is 26.0 Å². The van der Waals surface area contributed by atoms with Gasteiger partial charge in [-0.25, -0.2) is 4.39 Å². The molecule has 2 nitrogen and oxygen atoms in total. The van der Waals surface area contributed by atoms with Gasteiger partial charge in [0.05, 0.1) is 13.2 Å². The van der Waals surface area contributed by atoms with E-state index in [1.54, 1.807) is 20.1 Å². The maximum Gasteiger partial charge on any atom is 0.126 e. The standard InChI is InChI=1S/C17H20FNO/c1-10-7-12(3)16(15(8-10)20-4)17(19)13-6-5-11(2)14(18)9-13/h5-9,17H,19H2,1-4H3. The van der Waals surface area contributed by atoms with E-state index in [0.717, 1.165) is 28.0 Å². The lowest BCUT2D eigenvalue weighted by atomic mass is 9.93. The molecule has 2 aromatic rings. The third-order valence-electron chi connectivity index (χ3n) is 3.58.